The molecule has 0 aliphatic heterocycles. The maximum atomic E-state index is 12.9. The molecule has 4 N–H and O–H groups in total. The Bertz CT molecular complexity index is 834. The van der Waals surface area contributed by atoms with Crippen LogP contribution in [0.2, 0.25) is 0 Å². The average Bonchev–Trinajstić information content (AvgIpc) is 3.01. The van der Waals surface area contributed by atoms with E-state index in [1.54, 1.807) is 0 Å². The normalized spacial score (nSPS) is 38.7. The zero-order chi connectivity index (χ0) is 25.5. The predicted octanol–water partition coefficient (Wildman–Crippen LogP) is 4.76. The summed E-state index contributed by atoms with van der Waals surface area (Å²) in [6.07, 6.45) is 2.81. The Kier molecular flexibility index (Phi) is 7.67. The molecule has 0 aromatic rings. The first-order valence-corrected chi connectivity index (χ1v) is 12.5. The van der Waals surface area contributed by atoms with Crippen molar-refractivity contribution in [3.05, 3.63) is 23.3 Å². The molecular weight excluding hydrogens is 447 g/mol. The van der Waals surface area contributed by atoms with Gasteiger partial charge in [-0.2, -0.15) is 13.2 Å². The van der Waals surface area contributed by atoms with Gasteiger partial charge in [0.15, 0.2) is 5.60 Å². The molecule has 0 saturated heterocycles. The van der Waals surface area contributed by atoms with Crippen LogP contribution in [0.5, 0.6) is 0 Å². The van der Waals surface area contributed by atoms with Crippen molar-refractivity contribution in [2.45, 2.75) is 109 Å². The highest BCUT2D eigenvalue weighted by Gasteiger charge is 2.52. The van der Waals surface area contributed by atoms with Gasteiger partial charge in [-0.15, -0.1) is 0 Å². The summed E-state index contributed by atoms with van der Waals surface area (Å²) in [4.78, 5) is 12.2. The van der Waals surface area contributed by atoms with Gasteiger partial charge in [0, 0.05) is 12.8 Å². The van der Waals surface area contributed by atoms with E-state index in [2.05, 4.69) is 32.2 Å². The number of halogens is 3. The highest BCUT2D eigenvalue weighted by atomic mass is 19.4. The summed E-state index contributed by atoms with van der Waals surface area (Å²) in [5, 5.41) is 33.0. The first-order valence-electron chi connectivity index (χ1n) is 12.5. The summed E-state index contributed by atoms with van der Waals surface area (Å²) in [7, 11) is 0. The number of hydrogen-bond acceptors (Lipinski definition) is 4. The number of rotatable bonds is 5. The summed E-state index contributed by atoms with van der Waals surface area (Å²) in [6.45, 7) is 7.52. The zero-order valence-electron chi connectivity index (χ0n) is 20.7. The molecule has 0 bridgehead atoms. The van der Waals surface area contributed by atoms with Gasteiger partial charge in [0.25, 0.3) is 0 Å². The Balaban J connectivity index is 1.73. The molecule has 3 aliphatic carbocycles. The van der Waals surface area contributed by atoms with E-state index in [4.69, 9.17) is 0 Å². The molecule has 0 aromatic carbocycles. The van der Waals surface area contributed by atoms with E-state index in [0.717, 1.165) is 24.8 Å². The average molecular weight is 488 g/mol. The first kappa shape index (κ1) is 27.2. The van der Waals surface area contributed by atoms with E-state index in [1.807, 2.05) is 6.08 Å². The molecule has 34 heavy (non-hydrogen) atoms. The molecule has 6 atom stereocenters. The Hall–Kier alpha value is -1.38. The summed E-state index contributed by atoms with van der Waals surface area (Å²) < 4.78 is 38.7. The van der Waals surface area contributed by atoms with Crippen molar-refractivity contribution >= 4 is 5.91 Å². The van der Waals surface area contributed by atoms with Crippen LogP contribution in [-0.2, 0) is 4.79 Å². The third-order valence-corrected chi connectivity index (χ3v) is 8.45. The van der Waals surface area contributed by atoms with Crippen molar-refractivity contribution in [2.75, 3.05) is 0 Å². The number of allylic oxidation sites excluding steroid dienone is 3. The van der Waals surface area contributed by atoms with Crippen molar-refractivity contribution in [1.82, 2.24) is 5.32 Å². The molecule has 3 saturated carbocycles. The second kappa shape index (κ2) is 9.58. The lowest BCUT2D eigenvalue weighted by molar-refractivity contribution is -0.254. The Morgan fingerprint density at radius 1 is 1.26 bits per heavy atom. The number of aliphatic hydroxyl groups is 3. The van der Waals surface area contributed by atoms with E-state index in [-0.39, 0.29) is 18.3 Å². The van der Waals surface area contributed by atoms with E-state index < -0.39 is 35.9 Å². The number of hydrogen-bond donors (Lipinski definition) is 4. The molecule has 8 heteroatoms. The molecule has 1 unspecified atom stereocenters. The molecule has 0 radical (unpaired) electrons. The van der Waals surface area contributed by atoms with Crippen molar-refractivity contribution < 1.29 is 33.3 Å². The lowest BCUT2D eigenvalue weighted by Gasteiger charge is -2.44. The summed E-state index contributed by atoms with van der Waals surface area (Å²) in [6, 6.07) is 0. The maximum absolute atomic E-state index is 12.9. The number of carbonyl (C=O) groups excluding carboxylic acids is 1. The summed E-state index contributed by atoms with van der Waals surface area (Å²) >= 11 is 0. The number of amides is 1. The lowest BCUT2D eigenvalue weighted by atomic mass is 9.61. The van der Waals surface area contributed by atoms with E-state index in [9.17, 15) is 33.3 Å². The lowest BCUT2D eigenvalue weighted by Crippen LogP contribution is -2.55. The predicted molar refractivity (Wildman–Crippen MR) is 123 cm³/mol. The van der Waals surface area contributed by atoms with Crippen LogP contribution in [0.4, 0.5) is 13.2 Å². The third kappa shape index (κ3) is 5.71. The van der Waals surface area contributed by atoms with Gasteiger partial charge in [-0.05, 0) is 68.6 Å². The van der Waals surface area contributed by atoms with E-state index in [0.29, 0.717) is 31.1 Å². The van der Waals surface area contributed by atoms with Crippen molar-refractivity contribution in [1.29, 1.82) is 0 Å². The van der Waals surface area contributed by atoms with Gasteiger partial charge < -0.3 is 20.6 Å². The molecule has 3 fully saturated rings. The number of fused-ring (bicyclic) bond motifs is 1. The van der Waals surface area contributed by atoms with Gasteiger partial charge in [0.05, 0.1) is 12.5 Å². The van der Waals surface area contributed by atoms with Gasteiger partial charge in [0.2, 0.25) is 5.91 Å². The van der Waals surface area contributed by atoms with E-state index >= 15 is 0 Å². The SMILES string of the molecule is CC(C)[C@H]1CCC2C(=CC=C3C[C@@H](O)C[C@@](O)(NC(=O)C[C@](C)(O)C(F)(F)F)C3)CCC[C@@]21C. The molecule has 3 aliphatic rings. The van der Waals surface area contributed by atoms with E-state index in [1.165, 1.54) is 18.4 Å². The van der Waals surface area contributed by atoms with Crippen LogP contribution in [0.25, 0.3) is 0 Å². The van der Waals surface area contributed by atoms with Gasteiger partial charge >= 0.3 is 6.18 Å². The van der Waals surface area contributed by atoms with Crippen LogP contribution in [-0.4, -0.2) is 44.8 Å². The number of aliphatic hydroxyl groups excluding tert-OH is 1. The smallest absolute Gasteiger partial charge is 0.393 e. The number of nitrogens with one attached hydrogen (secondary N) is 1. The van der Waals surface area contributed by atoms with Crippen LogP contribution in [0.15, 0.2) is 23.3 Å². The Labute approximate surface area is 200 Å². The molecule has 5 nitrogen and oxygen atoms in total. The first-order chi connectivity index (χ1) is 15.6. The van der Waals surface area contributed by atoms with Gasteiger partial charge in [0.1, 0.15) is 5.72 Å². The molecule has 1 amide bonds. The van der Waals surface area contributed by atoms with Crippen LogP contribution < -0.4 is 5.32 Å². The maximum Gasteiger partial charge on any atom is 0.417 e. The Morgan fingerprint density at radius 3 is 2.56 bits per heavy atom. The van der Waals surface area contributed by atoms with Crippen molar-refractivity contribution in [2.24, 2.45) is 23.2 Å². The second-order valence-electron chi connectivity index (χ2n) is 11.7. The largest absolute Gasteiger partial charge is 0.417 e. The fourth-order valence-electron chi connectivity index (χ4n) is 6.82. The zero-order valence-corrected chi connectivity index (χ0v) is 20.7. The molecular formula is C26H40F3NO4. The highest BCUT2D eigenvalue weighted by molar-refractivity contribution is 5.77. The molecule has 0 aromatic heterocycles. The number of alkyl halides is 3. The molecule has 3 rings (SSSR count). The topological polar surface area (TPSA) is 89.8 Å². The fraction of sp³-hybridized carbons (Fsp3) is 0.808. The quantitative estimate of drug-likeness (QED) is 0.421. The minimum Gasteiger partial charge on any atom is -0.393 e. The Morgan fingerprint density at radius 2 is 1.94 bits per heavy atom. The van der Waals surface area contributed by atoms with Gasteiger partial charge in [-0.3, -0.25) is 4.79 Å². The van der Waals surface area contributed by atoms with Crippen molar-refractivity contribution in [3.8, 4) is 0 Å². The summed E-state index contributed by atoms with van der Waals surface area (Å²) in [5.74, 6) is 0.727. The van der Waals surface area contributed by atoms with Crippen LogP contribution in [0.3, 0.4) is 0 Å². The third-order valence-electron chi connectivity index (χ3n) is 8.45. The van der Waals surface area contributed by atoms with Gasteiger partial charge in [-0.1, -0.05) is 44.1 Å². The van der Waals surface area contributed by atoms with Crippen LogP contribution in [0, 0.1) is 23.2 Å². The van der Waals surface area contributed by atoms with Gasteiger partial charge in [-0.25, -0.2) is 0 Å². The fourth-order valence-corrected chi connectivity index (χ4v) is 6.82. The van der Waals surface area contributed by atoms with Crippen LogP contribution >= 0.6 is 0 Å². The van der Waals surface area contributed by atoms with Crippen LogP contribution in [0.1, 0.15) is 85.5 Å². The highest BCUT2D eigenvalue weighted by Crippen LogP contribution is 2.59. The van der Waals surface area contributed by atoms with Crippen molar-refractivity contribution in [3.63, 3.8) is 0 Å². The molecule has 194 valence electrons. The number of carbonyl (C=O) groups is 1. The molecule has 0 spiro atoms. The molecule has 0 heterocycles. The standard InChI is InChI=1S/C26H40F3NO4/c1-16(2)20-9-10-21-18(6-5-11-23(20,21)3)8-7-17-12-19(31)14-25(34,13-17)30-22(32)15-24(4,33)26(27,28)29/h7-8,16,19-21,31,33-34H,5-6,9-15H2,1-4H3,(H,30,32)/t19-,20-,21?,23-,24+,25-/m1/s1. The minimum atomic E-state index is -4.97. The monoisotopic (exact) mass is 487 g/mol. The second-order valence-corrected chi connectivity index (χ2v) is 11.7. The summed E-state index contributed by atoms with van der Waals surface area (Å²) in [5.41, 5.74) is -2.65. The minimum absolute atomic E-state index is 0.0181.